The van der Waals surface area contributed by atoms with Crippen molar-refractivity contribution in [2.45, 2.75) is 26.9 Å². The van der Waals surface area contributed by atoms with E-state index in [0.29, 0.717) is 5.69 Å². The lowest BCUT2D eigenvalue weighted by Gasteiger charge is -2.16. The van der Waals surface area contributed by atoms with E-state index in [0.717, 1.165) is 21.3 Å². The molecule has 0 radical (unpaired) electrons. The molecule has 0 heterocycles. The Morgan fingerprint density at radius 3 is 2.48 bits per heavy atom. The number of benzene rings is 2. The Morgan fingerprint density at radius 2 is 1.85 bits per heavy atom. The number of rotatable bonds is 7. The molecule has 1 atom stereocenters. The van der Waals surface area contributed by atoms with E-state index in [2.05, 4.69) is 33.4 Å². The van der Waals surface area contributed by atoms with Gasteiger partial charge in [-0.25, -0.2) is 14.3 Å². The van der Waals surface area contributed by atoms with Crippen LogP contribution >= 0.6 is 22.6 Å². The van der Waals surface area contributed by atoms with Gasteiger partial charge in [-0.15, -0.1) is 0 Å². The molecule has 27 heavy (non-hydrogen) atoms. The third-order valence-electron chi connectivity index (χ3n) is 3.95. The van der Waals surface area contributed by atoms with Gasteiger partial charge in [-0.3, -0.25) is 9.63 Å². The first-order chi connectivity index (χ1) is 12.7. The van der Waals surface area contributed by atoms with Crippen molar-refractivity contribution in [1.82, 2.24) is 5.48 Å². The standard InChI is InChI=1S/C19H21F2IN2O3/c1-10(2)18(25)9-27-24-19(26)13-7-14(20)15(21)8-17(13)23-16-5-4-12(22)6-11(16)3/h4-8,10,18,23,25H,9H2,1-3H3,(H,24,26). The van der Waals surface area contributed by atoms with Gasteiger partial charge in [0.1, 0.15) is 6.61 Å². The van der Waals surface area contributed by atoms with Gasteiger partial charge in [0.05, 0.1) is 17.4 Å². The second kappa shape index (κ2) is 9.43. The predicted molar refractivity (Wildman–Crippen MR) is 108 cm³/mol. The topological polar surface area (TPSA) is 70.6 Å². The number of aliphatic hydroxyl groups excluding tert-OH is 1. The zero-order valence-electron chi connectivity index (χ0n) is 15.1. The minimum absolute atomic E-state index is 0.0498. The number of halogens is 3. The van der Waals surface area contributed by atoms with E-state index >= 15 is 0 Å². The maximum absolute atomic E-state index is 13.7. The molecule has 1 unspecified atom stereocenters. The molecular formula is C19H21F2IN2O3. The van der Waals surface area contributed by atoms with Gasteiger partial charge in [0.2, 0.25) is 0 Å². The number of hydrogen-bond acceptors (Lipinski definition) is 4. The molecule has 0 aliphatic carbocycles. The number of carbonyl (C=O) groups is 1. The molecule has 0 bridgehead atoms. The van der Waals surface area contributed by atoms with Gasteiger partial charge in [-0.2, -0.15) is 0 Å². The van der Waals surface area contributed by atoms with Crippen molar-refractivity contribution < 1.29 is 23.5 Å². The van der Waals surface area contributed by atoms with Gasteiger partial charge < -0.3 is 10.4 Å². The molecule has 0 saturated heterocycles. The maximum Gasteiger partial charge on any atom is 0.277 e. The van der Waals surface area contributed by atoms with Crippen LogP contribution in [0.3, 0.4) is 0 Å². The molecule has 2 aromatic rings. The number of hydroxylamine groups is 1. The second-order valence-corrected chi connectivity index (χ2v) is 7.70. The summed E-state index contributed by atoms with van der Waals surface area (Å²) in [6.45, 7) is 5.35. The molecule has 1 amide bonds. The SMILES string of the molecule is Cc1cc(I)ccc1Nc1cc(F)c(F)cc1C(=O)NOCC(O)C(C)C. The zero-order chi connectivity index (χ0) is 20.1. The Balaban J connectivity index is 2.22. The van der Waals surface area contributed by atoms with Crippen LogP contribution in [-0.2, 0) is 4.84 Å². The minimum Gasteiger partial charge on any atom is -0.390 e. The summed E-state index contributed by atoms with van der Waals surface area (Å²) >= 11 is 2.17. The summed E-state index contributed by atoms with van der Waals surface area (Å²) in [5.74, 6) is -3.03. The summed E-state index contributed by atoms with van der Waals surface area (Å²) in [5, 5.41) is 12.7. The molecule has 2 rings (SSSR count). The normalized spacial score (nSPS) is 12.1. The van der Waals surface area contributed by atoms with Crippen molar-refractivity contribution in [2.75, 3.05) is 11.9 Å². The van der Waals surface area contributed by atoms with Crippen LogP contribution in [0.15, 0.2) is 30.3 Å². The quantitative estimate of drug-likeness (QED) is 0.400. The number of anilines is 2. The second-order valence-electron chi connectivity index (χ2n) is 6.45. The van der Waals surface area contributed by atoms with Crippen LogP contribution in [0.5, 0.6) is 0 Å². The van der Waals surface area contributed by atoms with Crippen LogP contribution in [0.4, 0.5) is 20.2 Å². The van der Waals surface area contributed by atoms with E-state index < -0.39 is 23.6 Å². The summed E-state index contributed by atoms with van der Waals surface area (Å²) in [6, 6.07) is 7.28. The lowest BCUT2D eigenvalue weighted by Crippen LogP contribution is -2.31. The number of carbonyl (C=O) groups excluding carboxylic acids is 1. The number of aryl methyl sites for hydroxylation is 1. The molecule has 0 aromatic heterocycles. The molecule has 0 spiro atoms. The maximum atomic E-state index is 13.7. The van der Waals surface area contributed by atoms with E-state index in [4.69, 9.17) is 4.84 Å². The van der Waals surface area contributed by atoms with Crippen molar-refractivity contribution >= 4 is 39.9 Å². The van der Waals surface area contributed by atoms with Crippen molar-refractivity contribution in [2.24, 2.45) is 5.92 Å². The zero-order valence-corrected chi connectivity index (χ0v) is 17.3. The fraction of sp³-hybridized carbons (Fsp3) is 0.316. The fourth-order valence-corrected chi connectivity index (χ4v) is 2.84. The van der Waals surface area contributed by atoms with Gasteiger partial charge in [-0.1, -0.05) is 13.8 Å². The summed E-state index contributed by atoms with van der Waals surface area (Å²) in [5.41, 5.74) is 3.68. The molecule has 0 aliphatic rings. The number of nitrogens with one attached hydrogen (secondary N) is 2. The number of aliphatic hydroxyl groups is 1. The first kappa shape index (κ1) is 21.5. The van der Waals surface area contributed by atoms with E-state index in [-0.39, 0.29) is 23.8 Å². The Bertz CT molecular complexity index is 831. The monoisotopic (exact) mass is 490 g/mol. The summed E-state index contributed by atoms with van der Waals surface area (Å²) in [7, 11) is 0. The van der Waals surface area contributed by atoms with Crippen LogP contribution < -0.4 is 10.8 Å². The smallest absolute Gasteiger partial charge is 0.277 e. The fourth-order valence-electron chi connectivity index (χ4n) is 2.19. The molecule has 0 saturated carbocycles. The number of amides is 1. The third kappa shape index (κ3) is 5.85. The highest BCUT2D eigenvalue weighted by Gasteiger charge is 2.18. The van der Waals surface area contributed by atoms with E-state index in [1.54, 1.807) is 19.9 Å². The van der Waals surface area contributed by atoms with Gasteiger partial charge in [0, 0.05) is 15.3 Å². The Hall–Kier alpha value is -1.78. The van der Waals surface area contributed by atoms with Crippen LogP contribution in [0.25, 0.3) is 0 Å². The Kier molecular flexibility index (Phi) is 7.51. The van der Waals surface area contributed by atoms with Crippen LogP contribution in [0.2, 0.25) is 0 Å². The Morgan fingerprint density at radius 1 is 1.19 bits per heavy atom. The molecule has 0 fully saturated rings. The van der Waals surface area contributed by atoms with Gasteiger partial charge in [-0.05, 0) is 65.3 Å². The van der Waals surface area contributed by atoms with Crippen molar-refractivity contribution in [3.8, 4) is 0 Å². The summed E-state index contributed by atoms with van der Waals surface area (Å²) < 4.78 is 28.4. The third-order valence-corrected chi connectivity index (χ3v) is 4.62. The molecular weight excluding hydrogens is 469 g/mol. The molecule has 3 N–H and O–H groups in total. The number of hydrogen-bond donors (Lipinski definition) is 3. The Labute approximate surface area is 170 Å². The van der Waals surface area contributed by atoms with Crippen LogP contribution in [-0.4, -0.2) is 23.7 Å². The van der Waals surface area contributed by atoms with E-state index in [1.165, 1.54) is 0 Å². The highest BCUT2D eigenvalue weighted by Crippen LogP contribution is 2.27. The molecule has 2 aromatic carbocycles. The lowest BCUT2D eigenvalue weighted by molar-refractivity contribution is -0.0268. The van der Waals surface area contributed by atoms with Gasteiger partial charge in [0.15, 0.2) is 11.6 Å². The van der Waals surface area contributed by atoms with Gasteiger partial charge in [0.25, 0.3) is 5.91 Å². The first-order valence-electron chi connectivity index (χ1n) is 8.31. The lowest BCUT2D eigenvalue weighted by atomic mass is 10.1. The molecule has 8 heteroatoms. The molecule has 146 valence electrons. The van der Waals surface area contributed by atoms with E-state index in [1.807, 2.05) is 19.1 Å². The van der Waals surface area contributed by atoms with Crippen LogP contribution in [0.1, 0.15) is 29.8 Å². The highest BCUT2D eigenvalue weighted by molar-refractivity contribution is 14.1. The minimum atomic E-state index is -1.15. The van der Waals surface area contributed by atoms with Crippen LogP contribution in [0, 0.1) is 28.0 Å². The summed E-state index contributed by atoms with van der Waals surface area (Å²) in [4.78, 5) is 17.4. The average molecular weight is 490 g/mol. The first-order valence-corrected chi connectivity index (χ1v) is 9.39. The van der Waals surface area contributed by atoms with Crippen molar-refractivity contribution in [3.63, 3.8) is 0 Å². The molecule has 0 aliphatic heterocycles. The summed E-state index contributed by atoms with van der Waals surface area (Å²) in [6.07, 6.45) is -0.762. The largest absolute Gasteiger partial charge is 0.390 e. The van der Waals surface area contributed by atoms with Crippen molar-refractivity contribution in [3.05, 3.63) is 56.7 Å². The van der Waals surface area contributed by atoms with Gasteiger partial charge >= 0.3 is 0 Å². The highest BCUT2D eigenvalue weighted by atomic mass is 127. The van der Waals surface area contributed by atoms with E-state index in [9.17, 15) is 18.7 Å². The molecule has 5 nitrogen and oxygen atoms in total. The predicted octanol–water partition coefficient (Wildman–Crippen LogP) is 4.30. The van der Waals surface area contributed by atoms with Crippen molar-refractivity contribution in [1.29, 1.82) is 0 Å². The average Bonchev–Trinajstić information content (AvgIpc) is 2.59.